The van der Waals surface area contributed by atoms with Crippen LogP contribution < -0.4 is 0 Å². The van der Waals surface area contributed by atoms with E-state index in [-0.39, 0.29) is 0 Å². The van der Waals surface area contributed by atoms with Crippen molar-refractivity contribution in [3.63, 3.8) is 0 Å². The van der Waals surface area contributed by atoms with E-state index >= 15 is 0 Å². The third-order valence-corrected chi connectivity index (χ3v) is 7.43. The molecule has 0 aliphatic heterocycles. The molecule has 0 saturated heterocycles. The first-order chi connectivity index (χ1) is 17.3. The van der Waals surface area contributed by atoms with Crippen molar-refractivity contribution in [2.75, 3.05) is 0 Å². The zero-order valence-corrected chi connectivity index (χ0v) is 19.6. The van der Waals surface area contributed by atoms with Crippen LogP contribution in [0, 0.1) is 6.92 Å². The summed E-state index contributed by atoms with van der Waals surface area (Å²) in [6.07, 6.45) is 0. The largest absolute Gasteiger partial charge is 0.0616 e. The Bertz CT molecular complexity index is 1770. The van der Waals surface area contributed by atoms with Gasteiger partial charge in [0.15, 0.2) is 0 Å². The van der Waals surface area contributed by atoms with Crippen LogP contribution in [0.2, 0.25) is 0 Å². The second kappa shape index (κ2) is 7.82. The summed E-state index contributed by atoms with van der Waals surface area (Å²) in [6, 6.07) is 46.6. The minimum absolute atomic E-state index is 1.26. The highest BCUT2D eigenvalue weighted by atomic mass is 14.2. The third-order valence-electron chi connectivity index (χ3n) is 7.43. The Kier molecular flexibility index (Phi) is 4.47. The minimum Gasteiger partial charge on any atom is -0.0616 e. The molecule has 7 aromatic carbocycles. The maximum absolute atomic E-state index is 2.41. The molecule has 35 heavy (non-hydrogen) atoms. The molecule has 0 spiro atoms. The van der Waals surface area contributed by atoms with E-state index in [9.17, 15) is 0 Å². The lowest BCUT2D eigenvalue weighted by Crippen LogP contribution is -1.89. The summed E-state index contributed by atoms with van der Waals surface area (Å²) in [4.78, 5) is 0. The molecule has 164 valence electrons. The molecule has 7 rings (SSSR count). The molecule has 7 aromatic rings. The molecule has 0 amide bonds. The van der Waals surface area contributed by atoms with Crippen molar-refractivity contribution >= 4 is 43.1 Å². The van der Waals surface area contributed by atoms with Crippen LogP contribution in [0.15, 0.2) is 127 Å². The molecule has 0 radical (unpaired) electrons. The number of benzene rings is 7. The van der Waals surface area contributed by atoms with Gasteiger partial charge in [-0.15, -0.1) is 0 Å². The lowest BCUT2D eigenvalue weighted by Gasteiger charge is -2.15. The molecule has 0 heteroatoms. The second-order valence-electron chi connectivity index (χ2n) is 9.43. The predicted molar refractivity (Wildman–Crippen MR) is 152 cm³/mol. The van der Waals surface area contributed by atoms with Crippen LogP contribution in [0.5, 0.6) is 0 Å². The van der Waals surface area contributed by atoms with E-state index in [1.807, 2.05) is 0 Å². The Balaban J connectivity index is 1.52. The van der Waals surface area contributed by atoms with Crippen LogP contribution in [0.1, 0.15) is 5.56 Å². The van der Waals surface area contributed by atoms with Crippen molar-refractivity contribution in [1.29, 1.82) is 0 Å². The summed E-state index contributed by atoms with van der Waals surface area (Å²) >= 11 is 0. The highest BCUT2D eigenvalue weighted by Gasteiger charge is 2.13. The summed E-state index contributed by atoms with van der Waals surface area (Å²) in [6.45, 7) is 2.26. The van der Waals surface area contributed by atoms with Gasteiger partial charge in [0.1, 0.15) is 0 Å². The third kappa shape index (κ3) is 3.22. The molecule has 0 bridgehead atoms. The van der Waals surface area contributed by atoms with Gasteiger partial charge in [-0.2, -0.15) is 0 Å². The average Bonchev–Trinajstić information content (AvgIpc) is 2.92. The predicted octanol–water partition coefficient (Wildman–Crippen LogP) is 9.94. The first-order valence-corrected chi connectivity index (χ1v) is 12.2. The quantitative estimate of drug-likeness (QED) is 0.233. The molecule has 0 heterocycles. The summed E-state index contributed by atoms with van der Waals surface area (Å²) in [5.74, 6) is 0. The Labute approximate surface area is 205 Å². The van der Waals surface area contributed by atoms with Crippen molar-refractivity contribution in [2.45, 2.75) is 6.92 Å². The fourth-order valence-corrected chi connectivity index (χ4v) is 5.60. The Morgan fingerprint density at radius 1 is 0.343 bits per heavy atom. The van der Waals surface area contributed by atoms with Crippen LogP contribution in [-0.2, 0) is 0 Å². The van der Waals surface area contributed by atoms with Crippen LogP contribution in [0.25, 0.3) is 65.3 Å². The minimum atomic E-state index is 1.26. The molecule has 0 aliphatic rings. The van der Waals surface area contributed by atoms with E-state index in [4.69, 9.17) is 0 Å². The number of rotatable bonds is 2. The van der Waals surface area contributed by atoms with Gasteiger partial charge in [-0.1, -0.05) is 109 Å². The van der Waals surface area contributed by atoms with Gasteiger partial charge >= 0.3 is 0 Å². The Morgan fingerprint density at radius 2 is 0.800 bits per heavy atom. The molecule has 0 fully saturated rings. The molecular formula is C35H24. The average molecular weight is 445 g/mol. The molecule has 0 aromatic heterocycles. The lowest BCUT2D eigenvalue weighted by molar-refractivity contribution is 1.57. The number of hydrogen-bond acceptors (Lipinski definition) is 0. The highest BCUT2D eigenvalue weighted by molar-refractivity contribution is 6.12. The van der Waals surface area contributed by atoms with Gasteiger partial charge < -0.3 is 0 Å². The van der Waals surface area contributed by atoms with Gasteiger partial charge in [0.05, 0.1) is 0 Å². The summed E-state index contributed by atoms with van der Waals surface area (Å²) in [7, 11) is 0. The van der Waals surface area contributed by atoms with Gasteiger partial charge in [-0.25, -0.2) is 0 Å². The van der Waals surface area contributed by atoms with E-state index in [2.05, 4.69) is 134 Å². The molecule has 0 N–H and O–H groups in total. The van der Waals surface area contributed by atoms with E-state index in [0.717, 1.165) is 0 Å². The SMILES string of the molecule is Cc1c2cccc(-c3ccc4ccccc4c3)c2cc2c(-c3ccc4ccccc4c3)cccc12. The zero-order valence-electron chi connectivity index (χ0n) is 19.6. The zero-order chi connectivity index (χ0) is 23.4. The summed E-state index contributed by atoms with van der Waals surface area (Å²) < 4.78 is 0. The molecule has 0 aliphatic carbocycles. The molecule has 0 unspecified atom stereocenters. The Hall–Kier alpha value is -4.42. The number of hydrogen-bond donors (Lipinski definition) is 0. The van der Waals surface area contributed by atoms with Crippen LogP contribution in [0.3, 0.4) is 0 Å². The first-order valence-electron chi connectivity index (χ1n) is 12.2. The molecule has 0 atom stereocenters. The smallest absolute Gasteiger partial charge is 0.00961 e. The van der Waals surface area contributed by atoms with E-state index in [1.165, 1.54) is 70.9 Å². The van der Waals surface area contributed by atoms with Crippen molar-refractivity contribution in [2.24, 2.45) is 0 Å². The highest BCUT2D eigenvalue weighted by Crippen LogP contribution is 2.39. The van der Waals surface area contributed by atoms with Gasteiger partial charge in [0, 0.05) is 0 Å². The number of fused-ring (bicyclic) bond motifs is 4. The fourth-order valence-electron chi connectivity index (χ4n) is 5.60. The summed E-state index contributed by atoms with van der Waals surface area (Å²) in [5, 5.41) is 10.3. The van der Waals surface area contributed by atoms with Crippen LogP contribution in [0.4, 0.5) is 0 Å². The molecule has 0 nitrogen and oxygen atoms in total. The van der Waals surface area contributed by atoms with Crippen molar-refractivity contribution in [1.82, 2.24) is 0 Å². The normalized spacial score (nSPS) is 11.6. The van der Waals surface area contributed by atoms with Crippen molar-refractivity contribution in [3.05, 3.63) is 133 Å². The molecular weight excluding hydrogens is 420 g/mol. The summed E-state index contributed by atoms with van der Waals surface area (Å²) in [5.41, 5.74) is 6.42. The maximum Gasteiger partial charge on any atom is -0.00961 e. The van der Waals surface area contributed by atoms with Gasteiger partial charge in [0.2, 0.25) is 0 Å². The van der Waals surface area contributed by atoms with Crippen molar-refractivity contribution < 1.29 is 0 Å². The Morgan fingerprint density at radius 3 is 1.29 bits per heavy atom. The topological polar surface area (TPSA) is 0 Å². The van der Waals surface area contributed by atoms with Gasteiger partial charge in [-0.3, -0.25) is 0 Å². The number of aryl methyl sites for hydroxylation is 1. The van der Waals surface area contributed by atoms with Crippen LogP contribution >= 0.6 is 0 Å². The first kappa shape index (κ1) is 20.0. The molecule has 0 saturated carbocycles. The van der Waals surface area contributed by atoms with E-state index in [1.54, 1.807) is 0 Å². The fraction of sp³-hybridized carbons (Fsp3) is 0.0286. The van der Waals surface area contributed by atoms with E-state index < -0.39 is 0 Å². The second-order valence-corrected chi connectivity index (χ2v) is 9.43. The van der Waals surface area contributed by atoms with Crippen molar-refractivity contribution in [3.8, 4) is 22.3 Å². The van der Waals surface area contributed by atoms with Crippen LogP contribution in [-0.4, -0.2) is 0 Å². The van der Waals surface area contributed by atoms with E-state index in [0.29, 0.717) is 0 Å². The lowest BCUT2D eigenvalue weighted by atomic mass is 9.88. The van der Waals surface area contributed by atoms with Gasteiger partial charge in [0.25, 0.3) is 0 Å². The monoisotopic (exact) mass is 444 g/mol. The maximum atomic E-state index is 2.41. The standard InChI is InChI=1S/C35H24/c1-23-30-12-6-14-32(28-18-16-24-8-2-4-10-26(24)20-28)34(30)22-35-31(23)13-7-15-33(35)29-19-17-25-9-3-5-11-27(25)21-29/h2-22H,1H3. The van der Waals surface area contributed by atoms with Gasteiger partial charge in [-0.05, 0) is 96.0 Å².